The van der Waals surface area contributed by atoms with Crippen molar-refractivity contribution in [3.63, 3.8) is 0 Å². The molecule has 0 aliphatic heterocycles. The molecule has 0 saturated heterocycles. The van der Waals surface area contributed by atoms with Gasteiger partial charge in [-0.25, -0.2) is 14.8 Å². The average molecular weight is 281 g/mol. The maximum Gasteiger partial charge on any atom is 0.354 e. The van der Waals surface area contributed by atoms with Crippen LogP contribution in [-0.4, -0.2) is 31.9 Å². The van der Waals surface area contributed by atoms with Gasteiger partial charge in [0.25, 0.3) is 5.91 Å². The van der Waals surface area contributed by atoms with Gasteiger partial charge in [-0.15, -0.1) is 0 Å². The lowest BCUT2D eigenvalue weighted by Gasteiger charge is -2.05. The number of aromatic carboxylic acids is 1. The van der Waals surface area contributed by atoms with Crippen LogP contribution in [0.2, 0.25) is 5.15 Å². The number of carboxylic acids is 1. The molecule has 2 heterocycles. The molecule has 0 bridgehead atoms. The lowest BCUT2D eigenvalue weighted by atomic mass is 10.2. The third-order valence-corrected chi connectivity index (χ3v) is 2.74. The zero-order chi connectivity index (χ0) is 14.0. The molecule has 0 fully saturated rings. The molecule has 0 aliphatic carbocycles. The number of pyridine rings is 1. The SMILES string of the molecule is Cc1cc(NC(=O)c2nc[nH]c2C(=O)O)cnc1Cl. The van der Waals surface area contributed by atoms with Crippen molar-refractivity contribution in [1.29, 1.82) is 0 Å². The van der Waals surface area contributed by atoms with Gasteiger partial charge in [0.1, 0.15) is 5.15 Å². The number of carbonyl (C=O) groups excluding carboxylic acids is 1. The molecule has 19 heavy (non-hydrogen) atoms. The third kappa shape index (κ3) is 2.71. The van der Waals surface area contributed by atoms with Gasteiger partial charge in [-0.2, -0.15) is 0 Å². The number of halogens is 1. The zero-order valence-electron chi connectivity index (χ0n) is 9.77. The summed E-state index contributed by atoms with van der Waals surface area (Å²) in [4.78, 5) is 32.7. The number of hydrogen-bond acceptors (Lipinski definition) is 4. The Balaban J connectivity index is 2.23. The van der Waals surface area contributed by atoms with Gasteiger partial charge in [0.2, 0.25) is 0 Å². The van der Waals surface area contributed by atoms with E-state index in [9.17, 15) is 9.59 Å². The summed E-state index contributed by atoms with van der Waals surface area (Å²) < 4.78 is 0. The molecule has 0 spiro atoms. The Bertz CT molecular complexity index is 653. The number of aryl methyl sites for hydroxylation is 1. The minimum Gasteiger partial charge on any atom is -0.477 e. The molecule has 0 unspecified atom stereocenters. The predicted octanol–water partition coefficient (Wildman–Crippen LogP) is 1.72. The molecule has 3 N–H and O–H groups in total. The third-order valence-electron chi connectivity index (χ3n) is 2.34. The molecule has 0 aliphatic rings. The number of aromatic nitrogens is 3. The van der Waals surface area contributed by atoms with Gasteiger partial charge in [-0.05, 0) is 18.6 Å². The Morgan fingerprint density at radius 2 is 2.16 bits per heavy atom. The maximum atomic E-state index is 11.9. The Morgan fingerprint density at radius 1 is 1.42 bits per heavy atom. The van der Waals surface area contributed by atoms with E-state index < -0.39 is 11.9 Å². The number of carboxylic acid groups (broad SMARTS) is 1. The summed E-state index contributed by atoms with van der Waals surface area (Å²) in [6.45, 7) is 1.74. The molecule has 0 atom stereocenters. The minimum absolute atomic E-state index is 0.194. The highest BCUT2D eigenvalue weighted by Crippen LogP contribution is 2.17. The summed E-state index contributed by atoms with van der Waals surface area (Å²) >= 11 is 5.76. The van der Waals surface area contributed by atoms with Crippen molar-refractivity contribution in [2.24, 2.45) is 0 Å². The van der Waals surface area contributed by atoms with Crippen LogP contribution in [0.15, 0.2) is 18.6 Å². The number of nitrogens with zero attached hydrogens (tertiary/aromatic N) is 2. The first-order chi connectivity index (χ1) is 8.99. The fraction of sp³-hybridized carbons (Fsp3) is 0.0909. The molecule has 1 amide bonds. The minimum atomic E-state index is -1.26. The van der Waals surface area contributed by atoms with Crippen LogP contribution in [0.1, 0.15) is 26.5 Å². The van der Waals surface area contributed by atoms with Gasteiger partial charge in [0.15, 0.2) is 11.4 Å². The van der Waals surface area contributed by atoms with E-state index in [0.29, 0.717) is 16.4 Å². The number of rotatable bonds is 3. The molecule has 0 saturated carbocycles. The van der Waals surface area contributed by atoms with E-state index in [0.717, 1.165) is 6.33 Å². The number of nitrogens with one attached hydrogen (secondary N) is 2. The number of imidazole rings is 1. The van der Waals surface area contributed by atoms with Crippen molar-refractivity contribution in [2.75, 3.05) is 5.32 Å². The number of carbonyl (C=O) groups is 2. The van der Waals surface area contributed by atoms with E-state index in [1.165, 1.54) is 6.20 Å². The van der Waals surface area contributed by atoms with Crippen LogP contribution in [0.5, 0.6) is 0 Å². The van der Waals surface area contributed by atoms with Crippen molar-refractivity contribution < 1.29 is 14.7 Å². The highest BCUT2D eigenvalue weighted by Gasteiger charge is 2.19. The summed E-state index contributed by atoms with van der Waals surface area (Å²) in [7, 11) is 0. The number of anilines is 1. The molecular weight excluding hydrogens is 272 g/mol. The molecule has 0 radical (unpaired) electrons. The van der Waals surface area contributed by atoms with Gasteiger partial charge in [0, 0.05) is 0 Å². The van der Waals surface area contributed by atoms with Crippen LogP contribution in [0, 0.1) is 6.92 Å². The smallest absolute Gasteiger partial charge is 0.354 e. The Hall–Kier alpha value is -2.41. The van der Waals surface area contributed by atoms with Gasteiger partial charge < -0.3 is 15.4 Å². The van der Waals surface area contributed by atoms with Crippen LogP contribution >= 0.6 is 11.6 Å². The topological polar surface area (TPSA) is 108 Å². The van der Waals surface area contributed by atoms with Crippen molar-refractivity contribution in [2.45, 2.75) is 6.92 Å². The van der Waals surface area contributed by atoms with Crippen molar-refractivity contribution in [3.05, 3.63) is 40.7 Å². The molecule has 7 nitrogen and oxygen atoms in total. The first-order valence-electron chi connectivity index (χ1n) is 5.19. The van der Waals surface area contributed by atoms with Crippen molar-refractivity contribution in [3.8, 4) is 0 Å². The second-order valence-corrected chi connectivity index (χ2v) is 4.08. The van der Waals surface area contributed by atoms with Crippen LogP contribution in [0.25, 0.3) is 0 Å². The Labute approximate surface area is 112 Å². The fourth-order valence-electron chi connectivity index (χ4n) is 1.45. The zero-order valence-corrected chi connectivity index (χ0v) is 10.5. The molecule has 2 aromatic rings. The van der Waals surface area contributed by atoms with Crippen molar-refractivity contribution >= 4 is 29.2 Å². The summed E-state index contributed by atoms with van der Waals surface area (Å²) in [5.41, 5.74) is 0.641. The summed E-state index contributed by atoms with van der Waals surface area (Å²) in [5.74, 6) is -1.89. The quantitative estimate of drug-likeness (QED) is 0.742. The van der Waals surface area contributed by atoms with Crippen LogP contribution in [-0.2, 0) is 0 Å². The molecule has 8 heteroatoms. The first kappa shape index (κ1) is 13.0. The fourth-order valence-corrected chi connectivity index (χ4v) is 1.55. The van der Waals surface area contributed by atoms with E-state index in [-0.39, 0.29) is 11.4 Å². The van der Waals surface area contributed by atoms with E-state index in [1.54, 1.807) is 13.0 Å². The Morgan fingerprint density at radius 3 is 2.79 bits per heavy atom. The van der Waals surface area contributed by atoms with Gasteiger partial charge in [0.05, 0.1) is 18.2 Å². The highest BCUT2D eigenvalue weighted by atomic mass is 35.5. The number of hydrogen-bond donors (Lipinski definition) is 3. The van der Waals surface area contributed by atoms with Gasteiger partial charge in [-0.1, -0.05) is 11.6 Å². The summed E-state index contributed by atoms with van der Waals surface area (Å²) in [5, 5.41) is 11.7. The molecular formula is C11H9ClN4O3. The maximum absolute atomic E-state index is 11.9. The normalized spacial score (nSPS) is 10.2. The van der Waals surface area contributed by atoms with Crippen molar-refractivity contribution in [1.82, 2.24) is 15.0 Å². The van der Waals surface area contributed by atoms with Crippen LogP contribution in [0.4, 0.5) is 5.69 Å². The lowest BCUT2D eigenvalue weighted by molar-refractivity contribution is 0.0686. The molecule has 0 aromatic carbocycles. The summed E-state index contributed by atoms with van der Waals surface area (Å²) in [6, 6.07) is 1.63. The monoisotopic (exact) mass is 280 g/mol. The second-order valence-electron chi connectivity index (χ2n) is 3.72. The highest BCUT2D eigenvalue weighted by molar-refractivity contribution is 6.30. The number of amides is 1. The molecule has 2 rings (SSSR count). The molecule has 2 aromatic heterocycles. The number of aromatic amines is 1. The van der Waals surface area contributed by atoms with Gasteiger partial charge in [-0.3, -0.25) is 4.79 Å². The lowest BCUT2D eigenvalue weighted by Crippen LogP contribution is -2.16. The van der Waals surface area contributed by atoms with E-state index in [2.05, 4.69) is 20.3 Å². The predicted molar refractivity (Wildman–Crippen MR) is 67.5 cm³/mol. The largest absolute Gasteiger partial charge is 0.477 e. The van der Waals surface area contributed by atoms with Crippen LogP contribution in [0.3, 0.4) is 0 Å². The first-order valence-corrected chi connectivity index (χ1v) is 5.57. The Kier molecular flexibility index (Phi) is 3.48. The van der Waals surface area contributed by atoms with Gasteiger partial charge >= 0.3 is 5.97 Å². The molecule has 98 valence electrons. The standard InChI is InChI=1S/C11H9ClN4O3/c1-5-2-6(3-13-9(5)12)16-10(17)7-8(11(18)19)15-4-14-7/h2-4H,1H3,(H,14,15)(H,16,17)(H,18,19). The van der Waals surface area contributed by atoms with Crippen LogP contribution < -0.4 is 5.32 Å². The summed E-state index contributed by atoms with van der Waals surface area (Å²) in [6.07, 6.45) is 2.52. The average Bonchev–Trinajstić information content (AvgIpc) is 2.83. The van der Waals surface area contributed by atoms with E-state index >= 15 is 0 Å². The second kappa shape index (κ2) is 5.07. The van der Waals surface area contributed by atoms with E-state index in [4.69, 9.17) is 16.7 Å². The van der Waals surface area contributed by atoms with E-state index in [1.807, 2.05) is 0 Å². The number of H-pyrrole nitrogens is 1.